The molecule has 0 aliphatic carbocycles. The highest BCUT2D eigenvalue weighted by atomic mass is 32.2. The van der Waals surface area contributed by atoms with Crippen molar-refractivity contribution in [1.82, 2.24) is 19.8 Å². The quantitative estimate of drug-likeness (QED) is 0.201. The van der Waals surface area contributed by atoms with Crippen LogP contribution in [0, 0.1) is 0 Å². The third-order valence-corrected chi connectivity index (χ3v) is 6.91. The SMILES string of the molecule is CO/N=C(\C(=O)N[C@@H]1C(=O)N2C(C(=O)O)=C(Cn3cc[n+](C)c3)CS[C@H]12)c1csc(N)n1. The number of fused-ring (bicyclic) bond motifs is 1. The van der Waals surface area contributed by atoms with Gasteiger partial charge in [-0.25, -0.2) is 18.9 Å². The van der Waals surface area contributed by atoms with Crippen molar-refractivity contribution < 1.29 is 28.9 Å². The lowest BCUT2D eigenvalue weighted by molar-refractivity contribution is -0.671. The molecule has 0 unspecified atom stereocenters. The summed E-state index contributed by atoms with van der Waals surface area (Å²) < 4.78 is 3.69. The number of aromatic nitrogens is 3. The molecule has 2 atom stereocenters. The summed E-state index contributed by atoms with van der Waals surface area (Å²) in [6.07, 6.45) is 5.49. The standard InChI is InChI=1S/C18H19N7O5S2/c1-23-3-4-24(8-23)5-9-6-31-16-12(15(27)25(16)13(9)17(28)29)21-14(26)11(22-30-2)10-7-32-18(19)20-10/h3-4,7-8,12,16H,5-6H2,1-2H3,(H3-,19,20,21,26,28,29)/p+1/b22-11-/t12-,16-/m1/s1. The number of nitrogen functional groups attached to an aromatic ring is 1. The fourth-order valence-corrected chi connectivity index (χ4v) is 5.41. The molecule has 4 heterocycles. The number of carbonyl (C=O) groups is 3. The molecule has 2 amide bonds. The van der Waals surface area contributed by atoms with Gasteiger partial charge in [0.15, 0.2) is 10.8 Å². The minimum absolute atomic E-state index is 0.0429. The predicted molar refractivity (Wildman–Crippen MR) is 115 cm³/mol. The summed E-state index contributed by atoms with van der Waals surface area (Å²) in [6.45, 7) is 0.346. The van der Waals surface area contributed by atoms with Gasteiger partial charge in [0, 0.05) is 16.7 Å². The van der Waals surface area contributed by atoms with Crippen LogP contribution in [-0.4, -0.2) is 67.3 Å². The van der Waals surface area contributed by atoms with Crippen molar-refractivity contribution in [2.45, 2.75) is 18.0 Å². The number of aryl methyl sites for hydroxylation is 1. The molecule has 1 fully saturated rings. The summed E-state index contributed by atoms with van der Waals surface area (Å²) in [5, 5.41) is 17.4. The van der Waals surface area contributed by atoms with Gasteiger partial charge in [0.1, 0.15) is 48.9 Å². The number of carboxylic acids is 1. The van der Waals surface area contributed by atoms with E-state index in [0.717, 1.165) is 11.3 Å². The maximum atomic E-state index is 12.9. The number of hydrogen-bond donors (Lipinski definition) is 3. The van der Waals surface area contributed by atoms with Crippen molar-refractivity contribution in [2.75, 3.05) is 18.6 Å². The van der Waals surface area contributed by atoms with Crippen LogP contribution in [0.3, 0.4) is 0 Å². The topological polar surface area (TPSA) is 156 Å². The molecule has 32 heavy (non-hydrogen) atoms. The smallest absolute Gasteiger partial charge is 0.352 e. The maximum Gasteiger partial charge on any atom is 0.352 e. The van der Waals surface area contributed by atoms with E-state index < -0.39 is 29.2 Å². The molecule has 0 bridgehead atoms. The molecule has 2 aliphatic heterocycles. The van der Waals surface area contributed by atoms with E-state index in [2.05, 4.69) is 15.5 Å². The lowest BCUT2D eigenvalue weighted by atomic mass is 10.0. The number of nitrogens with two attached hydrogens (primary N) is 1. The lowest BCUT2D eigenvalue weighted by Gasteiger charge is -2.49. The van der Waals surface area contributed by atoms with E-state index in [4.69, 9.17) is 10.6 Å². The van der Waals surface area contributed by atoms with E-state index in [1.807, 2.05) is 34.9 Å². The summed E-state index contributed by atoms with van der Waals surface area (Å²) in [4.78, 5) is 47.6. The molecular weight excluding hydrogens is 458 g/mol. The summed E-state index contributed by atoms with van der Waals surface area (Å²) in [5.41, 5.74) is 6.30. The first-order chi connectivity index (χ1) is 15.3. The zero-order valence-electron chi connectivity index (χ0n) is 17.1. The Morgan fingerprint density at radius 1 is 1.50 bits per heavy atom. The van der Waals surface area contributed by atoms with E-state index in [9.17, 15) is 19.5 Å². The number of nitrogens with zero attached hydrogens (tertiary/aromatic N) is 5. The fourth-order valence-electron chi connectivity index (χ4n) is 3.52. The van der Waals surface area contributed by atoms with Gasteiger partial charge in [-0.15, -0.1) is 23.1 Å². The van der Waals surface area contributed by atoms with Gasteiger partial charge in [-0.3, -0.25) is 14.5 Å². The molecule has 0 saturated carbocycles. The molecule has 0 aromatic carbocycles. The van der Waals surface area contributed by atoms with E-state index in [1.54, 1.807) is 5.38 Å². The number of rotatable bonds is 7. The Hall–Kier alpha value is -3.39. The Bertz CT molecular complexity index is 1150. The lowest BCUT2D eigenvalue weighted by Crippen LogP contribution is -2.71. The van der Waals surface area contributed by atoms with Gasteiger partial charge in [-0.05, 0) is 0 Å². The second kappa shape index (κ2) is 8.63. The van der Waals surface area contributed by atoms with Crippen molar-refractivity contribution in [2.24, 2.45) is 12.2 Å². The molecule has 12 nitrogen and oxygen atoms in total. The van der Waals surface area contributed by atoms with Crippen LogP contribution in [0.5, 0.6) is 0 Å². The number of aliphatic carboxylic acids is 1. The van der Waals surface area contributed by atoms with Crippen molar-refractivity contribution in [3.63, 3.8) is 0 Å². The predicted octanol–water partition coefficient (Wildman–Crippen LogP) is -0.859. The van der Waals surface area contributed by atoms with E-state index in [-0.39, 0.29) is 22.2 Å². The van der Waals surface area contributed by atoms with Crippen molar-refractivity contribution in [3.05, 3.63) is 41.1 Å². The minimum atomic E-state index is -1.18. The highest BCUT2D eigenvalue weighted by Crippen LogP contribution is 2.40. The normalized spacial score (nSPS) is 20.6. The van der Waals surface area contributed by atoms with Gasteiger partial charge in [0.05, 0.1) is 7.05 Å². The zero-order chi connectivity index (χ0) is 23.0. The summed E-state index contributed by atoms with van der Waals surface area (Å²) in [5.74, 6) is -1.94. The van der Waals surface area contributed by atoms with Gasteiger partial charge in [-0.1, -0.05) is 5.16 Å². The Balaban J connectivity index is 1.53. The van der Waals surface area contributed by atoms with Crippen molar-refractivity contribution in [1.29, 1.82) is 0 Å². The number of thioether (sulfide) groups is 1. The van der Waals surface area contributed by atoms with Crippen LogP contribution in [0.25, 0.3) is 0 Å². The summed E-state index contributed by atoms with van der Waals surface area (Å²) >= 11 is 2.53. The first kappa shape index (κ1) is 21.8. The Morgan fingerprint density at radius 2 is 2.28 bits per heavy atom. The van der Waals surface area contributed by atoms with Gasteiger partial charge in [0.25, 0.3) is 11.8 Å². The van der Waals surface area contributed by atoms with E-state index in [0.29, 0.717) is 17.9 Å². The molecule has 0 spiro atoms. The summed E-state index contributed by atoms with van der Waals surface area (Å²) in [7, 11) is 3.15. The third kappa shape index (κ3) is 3.93. The van der Waals surface area contributed by atoms with Gasteiger partial charge < -0.3 is 21.0 Å². The Kier molecular flexibility index (Phi) is 5.88. The molecule has 4 N–H and O–H groups in total. The van der Waals surface area contributed by atoms with Crippen LogP contribution in [0.2, 0.25) is 0 Å². The van der Waals surface area contributed by atoms with Crippen molar-refractivity contribution in [3.8, 4) is 0 Å². The largest absolute Gasteiger partial charge is 0.477 e. The van der Waals surface area contributed by atoms with E-state index in [1.165, 1.54) is 23.8 Å². The average molecular weight is 479 g/mol. The number of anilines is 1. The van der Waals surface area contributed by atoms with E-state index >= 15 is 0 Å². The van der Waals surface area contributed by atoms with Crippen LogP contribution >= 0.6 is 23.1 Å². The summed E-state index contributed by atoms with van der Waals surface area (Å²) in [6, 6.07) is -0.897. The van der Waals surface area contributed by atoms with Crippen LogP contribution in [-0.2, 0) is 32.8 Å². The van der Waals surface area contributed by atoms with Crippen molar-refractivity contribution >= 4 is 51.7 Å². The number of thiazole rings is 1. The number of oxime groups is 1. The molecule has 168 valence electrons. The van der Waals surface area contributed by atoms with Crippen LogP contribution in [0.1, 0.15) is 5.69 Å². The molecule has 1 saturated heterocycles. The van der Waals surface area contributed by atoms with Gasteiger partial charge >= 0.3 is 5.97 Å². The highest BCUT2D eigenvalue weighted by Gasteiger charge is 2.54. The molecule has 2 aromatic rings. The molecule has 14 heteroatoms. The average Bonchev–Trinajstić information content (AvgIpc) is 3.37. The van der Waals surface area contributed by atoms with Gasteiger partial charge in [-0.2, -0.15) is 0 Å². The number of hydrogen-bond acceptors (Lipinski definition) is 9. The van der Waals surface area contributed by atoms with Crippen LogP contribution < -0.4 is 15.6 Å². The monoisotopic (exact) mass is 478 g/mol. The van der Waals surface area contributed by atoms with Crippen LogP contribution in [0.4, 0.5) is 5.13 Å². The maximum absolute atomic E-state index is 12.9. The fraction of sp³-hybridized carbons (Fsp3) is 0.333. The Labute approximate surface area is 190 Å². The molecule has 2 aliphatic rings. The molecule has 2 aromatic heterocycles. The minimum Gasteiger partial charge on any atom is -0.477 e. The highest BCUT2D eigenvalue weighted by molar-refractivity contribution is 8.00. The Morgan fingerprint density at radius 3 is 2.88 bits per heavy atom. The number of carboxylic acid groups (broad SMARTS) is 1. The number of amides is 2. The molecule has 4 rings (SSSR count). The number of nitrogens with one attached hydrogen (secondary N) is 1. The number of carbonyl (C=O) groups excluding carboxylic acids is 2. The number of imidazole rings is 1. The third-order valence-electron chi connectivity index (χ3n) is 4.90. The number of β-lactam (4-membered cyclic amide) rings is 1. The molecular formula is C18H20N7O5S2+. The first-order valence-corrected chi connectivity index (χ1v) is 11.3. The zero-order valence-corrected chi connectivity index (χ0v) is 18.7. The van der Waals surface area contributed by atoms with Crippen LogP contribution in [0.15, 0.2) is 40.5 Å². The second-order valence-corrected chi connectivity index (χ2v) is 9.06. The first-order valence-electron chi connectivity index (χ1n) is 9.34. The van der Waals surface area contributed by atoms with Gasteiger partial charge in [0.2, 0.25) is 6.33 Å². The molecule has 0 radical (unpaired) electrons. The second-order valence-electron chi connectivity index (χ2n) is 7.06.